The number of carbonyl (C=O) groups is 1. The van der Waals surface area contributed by atoms with Gasteiger partial charge in [0.25, 0.3) is 0 Å². The Bertz CT molecular complexity index is 901. The minimum Gasteiger partial charge on any atom is -0.308 e. The molecule has 9 heteroatoms. The van der Waals surface area contributed by atoms with Crippen molar-refractivity contribution >= 4 is 27.4 Å². The van der Waals surface area contributed by atoms with Crippen LogP contribution in [-0.2, 0) is 10.0 Å². The molecule has 0 saturated heterocycles. The van der Waals surface area contributed by atoms with Crippen molar-refractivity contribution in [2.24, 2.45) is 0 Å². The lowest BCUT2D eigenvalue weighted by atomic mass is 10.2. The molecule has 0 bridgehead atoms. The van der Waals surface area contributed by atoms with Crippen molar-refractivity contribution in [1.82, 2.24) is 14.5 Å². The molecule has 0 radical (unpaired) electrons. The van der Waals surface area contributed by atoms with E-state index in [0.29, 0.717) is 17.4 Å². The standard InChI is InChI=1S/C17H23N5O3S/c1-12-16(11-19-22(12)14-7-3-4-8-14)21-17(23)20-13-6-5-9-15(10-13)26(24,25)18-2/h5-6,9-11,14,18H,3-4,7-8H2,1-2H3,(H2,20,21,23). The van der Waals surface area contributed by atoms with E-state index in [1.165, 1.54) is 32.0 Å². The molecule has 2 amide bonds. The summed E-state index contributed by atoms with van der Waals surface area (Å²) >= 11 is 0. The summed E-state index contributed by atoms with van der Waals surface area (Å²) in [5, 5.41) is 9.83. The molecule has 1 aliphatic carbocycles. The van der Waals surface area contributed by atoms with Crippen molar-refractivity contribution in [1.29, 1.82) is 0 Å². The lowest BCUT2D eigenvalue weighted by Crippen LogP contribution is -2.21. The molecule has 0 unspecified atom stereocenters. The molecule has 1 fully saturated rings. The number of anilines is 2. The van der Waals surface area contributed by atoms with E-state index >= 15 is 0 Å². The fraction of sp³-hybridized carbons (Fsp3) is 0.412. The number of carbonyl (C=O) groups excluding carboxylic acids is 1. The predicted octanol–water partition coefficient (Wildman–Crippen LogP) is 2.86. The van der Waals surface area contributed by atoms with Gasteiger partial charge in [-0.05, 0) is 45.0 Å². The summed E-state index contributed by atoms with van der Waals surface area (Å²) in [4.78, 5) is 12.4. The number of hydrogen-bond acceptors (Lipinski definition) is 4. The summed E-state index contributed by atoms with van der Waals surface area (Å²) in [6.45, 7) is 1.93. The van der Waals surface area contributed by atoms with E-state index in [-0.39, 0.29) is 4.90 Å². The number of benzene rings is 1. The van der Waals surface area contributed by atoms with Crippen LogP contribution in [0, 0.1) is 6.92 Å². The molecule has 0 atom stereocenters. The number of amides is 2. The summed E-state index contributed by atoms with van der Waals surface area (Å²) in [5.74, 6) is 0. The van der Waals surface area contributed by atoms with E-state index in [0.717, 1.165) is 18.5 Å². The van der Waals surface area contributed by atoms with E-state index in [1.807, 2.05) is 11.6 Å². The smallest absolute Gasteiger partial charge is 0.308 e. The predicted molar refractivity (Wildman–Crippen MR) is 99.8 cm³/mol. The van der Waals surface area contributed by atoms with E-state index in [4.69, 9.17) is 0 Å². The Balaban J connectivity index is 1.69. The highest BCUT2D eigenvalue weighted by Crippen LogP contribution is 2.31. The summed E-state index contributed by atoms with van der Waals surface area (Å²) in [7, 11) is -2.22. The molecule has 26 heavy (non-hydrogen) atoms. The summed E-state index contributed by atoms with van der Waals surface area (Å²) in [5.41, 5.74) is 1.95. The van der Waals surface area contributed by atoms with Gasteiger partial charge in [-0.25, -0.2) is 17.9 Å². The Labute approximate surface area is 153 Å². The second-order valence-electron chi connectivity index (χ2n) is 6.34. The number of nitrogens with one attached hydrogen (secondary N) is 3. The molecule has 1 aliphatic rings. The monoisotopic (exact) mass is 377 g/mol. The highest BCUT2D eigenvalue weighted by Gasteiger charge is 2.21. The van der Waals surface area contributed by atoms with Gasteiger partial charge in [0, 0.05) is 5.69 Å². The minimum atomic E-state index is -3.56. The zero-order valence-electron chi connectivity index (χ0n) is 14.8. The van der Waals surface area contributed by atoms with Gasteiger partial charge in [-0.3, -0.25) is 4.68 Å². The van der Waals surface area contributed by atoms with Crippen LogP contribution in [-0.4, -0.2) is 31.3 Å². The minimum absolute atomic E-state index is 0.0861. The van der Waals surface area contributed by atoms with Crippen LogP contribution < -0.4 is 15.4 Å². The Kier molecular flexibility index (Phi) is 5.28. The van der Waals surface area contributed by atoms with Crippen LogP contribution in [0.1, 0.15) is 37.4 Å². The van der Waals surface area contributed by atoms with Crippen molar-refractivity contribution < 1.29 is 13.2 Å². The number of rotatable bonds is 5. The molecular weight excluding hydrogens is 354 g/mol. The Morgan fingerprint density at radius 2 is 1.96 bits per heavy atom. The van der Waals surface area contributed by atoms with Crippen LogP contribution in [0.2, 0.25) is 0 Å². The lowest BCUT2D eigenvalue weighted by molar-refractivity contribution is 0.262. The molecule has 0 spiro atoms. The Hall–Kier alpha value is -2.39. The molecular formula is C17H23N5O3S. The second kappa shape index (κ2) is 7.46. The van der Waals surface area contributed by atoms with Gasteiger partial charge in [0.2, 0.25) is 10.0 Å². The first-order valence-electron chi connectivity index (χ1n) is 8.56. The summed E-state index contributed by atoms with van der Waals surface area (Å²) < 4.78 is 27.9. The van der Waals surface area contributed by atoms with Gasteiger partial charge in [0.1, 0.15) is 0 Å². The van der Waals surface area contributed by atoms with E-state index < -0.39 is 16.1 Å². The molecule has 8 nitrogen and oxygen atoms in total. The van der Waals surface area contributed by atoms with E-state index in [9.17, 15) is 13.2 Å². The highest BCUT2D eigenvalue weighted by atomic mass is 32.2. The van der Waals surface area contributed by atoms with E-state index in [1.54, 1.807) is 18.3 Å². The number of sulfonamides is 1. The SMILES string of the molecule is CNS(=O)(=O)c1cccc(NC(=O)Nc2cnn(C3CCCC3)c2C)c1. The third kappa shape index (κ3) is 3.88. The second-order valence-corrected chi connectivity index (χ2v) is 8.23. The van der Waals surface area contributed by atoms with Gasteiger partial charge in [0.15, 0.2) is 0 Å². The fourth-order valence-corrected chi connectivity index (χ4v) is 3.98. The average molecular weight is 377 g/mol. The normalized spacial score (nSPS) is 15.2. The molecule has 3 N–H and O–H groups in total. The highest BCUT2D eigenvalue weighted by molar-refractivity contribution is 7.89. The van der Waals surface area contributed by atoms with Crippen LogP contribution in [0.4, 0.5) is 16.2 Å². The van der Waals surface area contributed by atoms with Crippen LogP contribution in [0.15, 0.2) is 35.4 Å². The number of aromatic nitrogens is 2. The Morgan fingerprint density at radius 3 is 2.65 bits per heavy atom. The summed E-state index contributed by atoms with van der Waals surface area (Å²) in [6, 6.07) is 6.02. The maximum atomic E-state index is 12.3. The van der Waals surface area contributed by atoms with Crippen LogP contribution >= 0.6 is 0 Å². The van der Waals surface area contributed by atoms with Crippen molar-refractivity contribution in [2.75, 3.05) is 17.7 Å². The topological polar surface area (TPSA) is 105 Å². The third-order valence-corrected chi connectivity index (χ3v) is 6.05. The molecule has 1 saturated carbocycles. The van der Waals surface area contributed by atoms with Crippen molar-refractivity contribution in [2.45, 2.75) is 43.5 Å². The fourth-order valence-electron chi connectivity index (χ4n) is 3.21. The summed E-state index contributed by atoms with van der Waals surface area (Å²) in [6.07, 6.45) is 6.29. The first-order chi connectivity index (χ1) is 12.4. The van der Waals surface area contributed by atoms with Crippen molar-refractivity contribution in [3.05, 3.63) is 36.2 Å². The maximum absolute atomic E-state index is 12.3. The number of nitrogens with zero attached hydrogens (tertiary/aromatic N) is 2. The first kappa shape index (κ1) is 18.4. The maximum Gasteiger partial charge on any atom is 0.323 e. The average Bonchev–Trinajstić information content (AvgIpc) is 3.26. The quantitative estimate of drug-likeness (QED) is 0.745. The lowest BCUT2D eigenvalue weighted by Gasteiger charge is -2.13. The first-order valence-corrected chi connectivity index (χ1v) is 10.0. The van der Waals surface area contributed by atoms with Crippen LogP contribution in [0.5, 0.6) is 0 Å². The molecule has 0 aliphatic heterocycles. The van der Waals surface area contributed by atoms with Gasteiger partial charge >= 0.3 is 6.03 Å². The molecule has 1 aromatic carbocycles. The van der Waals surface area contributed by atoms with Gasteiger partial charge in [-0.15, -0.1) is 0 Å². The zero-order chi connectivity index (χ0) is 18.7. The molecule has 1 aromatic heterocycles. The van der Waals surface area contributed by atoms with Crippen molar-refractivity contribution in [3.8, 4) is 0 Å². The third-order valence-electron chi connectivity index (χ3n) is 4.63. The van der Waals surface area contributed by atoms with Crippen LogP contribution in [0.3, 0.4) is 0 Å². The Morgan fingerprint density at radius 1 is 1.23 bits per heavy atom. The molecule has 1 heterocycles. The largest absolute Gasteiger partial charge is 0.323 e. The van der Waals surface area contributed by atoms with E-state index in [2.05, 4.69) is 20.5 Å². The van der Waals surface area contributed by atoms with Crippen molar-refractivity contribution in [3.63, 3.8) is 0 Å². The molecule has 2 aromatic rings. The van der Waals surface area contributed by atoms with Gasteiger partial charge in [0.05, 0.1) is 28.5 Å². The number of hydrogen-bond donors (Lipinski definition) is 3. The zero-order valence-corrected chi connectivity index (χ0v) is 15.6. The van der Waals surface area contributed by atoms with Gasteiger partial charge < -0.3 is 10.6 Å². The van der Waals surface area contributed by atoms with Gasteiger partial charge in [-0.2, -0.15) is 5.10 Å². The van der Waals surface area contributed by atoms with Gasteiger partial charge in [-0.1, -0.05) is 18.9 Å². The molecule has 3 rings (SSSR count). The molecule has 140 valence electrons. The van der Waals surface area contributed by atoms with Crippen LogP contribution in [0.25, 0.3) is 0 Å². The number of urea groups is 1.